The quantitative estimate of drug-likeness (QED) is 0.560. The minimum absolute atomic E-state index is 0.0568. The highest BCUT2D eigenvalue weighted by molar-refractivity contribution is 5.80. The van der Waals surface area contributed by atoms with Crippen molar-refractivity contribution < 1.29 is 9.52 Å². The summed E-state index contributed by atoms with van der Waals surface area (Å²) in [6.45, 7) is 7.42. The van der Waals surface area contributed by atoms with Gasteiger partial charge in [0.1, 0.15) is 23.0 Å². The highest BCUT2D eigenvalue weighted by Gasteiger charge is 2.27. The van der Waals surface area contributed by atoms with Crippen LogP contribution in [0.25, 0.3) is 0 Å². The van der Waals surface area contributed by atoms with Crippen molar-refractivity contribution in [3.63, 3.8) is 0 Å². The Bertz CT molecular complexity index is 720. The van der Waals surface area contributed by atoms with Crippen molar-refractivity contribution in [3.8, 4) is 0 Å². The molecule has 2 aromatic rings. The van der Waals surface area contributed by atoms with Crippen LogP contribution in [0.1, 0.15) is 50.1 Å². The zero-order chi connectivity index (χ0) is 17.9. The molecule has 0 amide bonds. The number of hydrogen-bond donors (Lipinski definition) is 3. The molecule has 2 unspecified atom stereocenters. The lowest BCUT2D eigenvalue weighted by molar-refractivity contribution is 0.0436. The Morgan fingerprint density at radius 3 is 3.12 bits per heavy atom. The number of aliphatic imine (C=N–C) groups is 1. The van der Waals surface area contributed by atoms with Gasteiger partial charge in [-0.25, -0.2) is 14.7 Å². The number of furan rings is 1. The predicted octanol–water partition coefficient (Wildman–Crippen LogP) is 1.48. The van der Waals surface area contributed by atoms with Crippen LogP contribution in [-0.2, 0) is 12.1 Å². The Labute approximate surface area is 147 Å². The van der Waals surface area contributed by atoms with Gasteiger partial charge in [0.25, 0.3) is 0 Å². The van der Waals surface area contributed by atoms with Gasteiger partial charge in [-0.3, -0.25) is 0 Å². The predicted molar refractivity (Wildman–Crippen MR) is 94.1 cm³/mol. The van der Waals surface area contributed by atoms with Gasteiger partial charge < -0.3 is 20.2 Å². The Morgan fingerprint density at radius 1 is 1.56 bits per heavy atom. The molecule has 0 spiro atoms. The number of nitrogens with one attached hydrogen (secondary N) is 2. The van der Waals surface area contributed by atoms with Gasteiger partial charge in [0.15, 0.2) is 5.96 Å². The summed E-state index contributed by atoms with van der Waals surface area (Å²) in [5.41, 5.74) is -1.16. The van der Waals surface area contributed by atoms with Crippen LogP contribution in [0.4, 0.5) is 0 Å². The number of nitrogens with zero attached hydrogens (tertiary/aromatic N) is 4. The number of aliphatic hydroxyl groups is 1. The van der Waals surface area contributed by atoms with Crippen molar-refractivity contribution in [2.45, 2.75) is 51.8 Å². The molecule has 0 saturated carbocycles. The molecule has 0 fully saturated rings. The summed E-state index contributed by atoms with van der Waals surface area (Å²) >= 11 is 0. The van der Waals surface area contributed by atoms with Crippen LogP contribution in [-0.4, -0.2) is 38.9 Å². The molecule has 25 heavy (non-hydrogen) atoms. The first-order chi connectivity index (χ1) is 12.0. The highest BCUT2D eigenvalue weighted by atomic mass is 16.4. The van der Waals surface area contributed by atoms with Crippen molar-refractivity contribution in [2.75, 3.05) is 13.1 Å². The smallest absolute Gasteiger partial charge is 0.191 e. The lowest BCUT2D eigenvalue weighted by Gasteiger charge is -2.25. The molecule has 3 N–H and O–H groups in total. The summed E-state index contributed by atoms with van der Waals surface area (Å²) < 4.78 is 7.27. The average Bonchev–Trinajstić information content (AvgIpc) is 3.22. The standard InChI is InChI=1S/C17H26N6O2/c1-4-18-16(19-11-17(3,24)14-8-6-10-25-14)21-13-7-5-9-23-15(13)20-12(2)22-23/h6,8,10,13,24H,4-5,7,9,11H2,1-3H3,(H2,18,19,21). The summed E-state index contributed by atoms with van der Waals surface area (Å²) in [5.74, 6) is 2.87. The Morgan fingerprint density at radius 2 is 2.40 bits per heavy atom. The fourth-order valence-electron chi connectivity index (χ4n) is 2.99. The van der Waals surface area contributed by atoms with Gasteiger partial charge in [-0.05, 0) is 45.7 Å². The van der Waals surface area contributed by atoms with Gasteiger partial charge in [0.05, 0.1) is 18.8 Å². The normalized spacial score (nSPS) is 20.0. The third-order valence-corrected chi connectivity index (χ3v) is 4.23. The first kappa shape index (κ1) is 17.5. The molecule has 3 heterocycles. The summed E-state index contributed by atoms with van der Waals surface area (Å²) in [7, 11) is 0. The van der Waals surface area contributed by atoms with Crippen molar-refractivity contribution in [1.29, 1.82) is 0 Å². The molecule has 8 heteroatoms. The van der Waals surface area contributed by atoms with E-state index in [-0.39, 0.29) is 12.6 Å². The van der Waals surface area contributed by atoms with Crippen LogP contribution in [0.5, 0.6) is 0 Å². The monoisotopic (exact) mass is 346 g/mol. The maximum atomic E-state index is 10.6. The van der Waals surface area contributed by atoms with Crippen molar-refractivity contribution in [3.05, 3.63) is 35.8 Å². The molecular formula is C17H26N6O2. The first-order valence-corrected chi connectivity index (χ1v) is 8.72. The summed E-state index contributed by atoms with van der Waals surface area (Å²) in [6, 6.07) is 3.57. The van der Waals surface area contributed by atoms with Gasteiger partial charge in [-0.2, -0.15) is 5.10 Å². The van der Waals surface area contributed by atoms with Crippen LogP contribution < -0.4 is 10.6 Å². The SMILES string of the molecule is CCNC(=NCC(C)(O)c1ccco1)NC1CCCn2nc(C)nc21. The Balaban J connectivity index is 1.73. The molecule has 2 atom stereocenters. The molecular weight excluding hydrogens is 320 g/mol. The van der Waals surface area contributed by atoms with Gasteiger partial charge in [0, 0.05) is 13.1 Å². The van der Waals surface area contributed by atoms with Crippen LogP contribution >= 0.6 is 0 Å². The molecule has 0 radical (unpaired) electrons. The zero-order valence-corrected chi connectivity index (χ0v) is 15.0. The number of hydrogen-bond acceptors (Lipinski definition) is 5. The van der Waals surface area contributed by atoms with Crippen molar-refractivity contribution in [2.24, 2.45) is 4.99 Å². The maximum Gasteiger partial charge on any atom is 0.191 e. The third-order valence-electron chi connectivity index (χ3n) is 4.23. The molecule has 136 valence electrons. The Hall–Kier alpha value is -2.35. The minimum Gasteiger partial charge on any atom is -0.466 e. The van der Waals surface area contributed by atoms with Gasteiger partial charge >= 0.3 is 0 Å². The largest absolute Gasteiger partial charge is 0.466 e. The van der Waals surface area contributed by atoms with E-state index >= 15 is 0 Å². The second-order valence-corrected chi connectivity index (χ2v) is 6.53. The van der Waals surface area contributed by atoms with E-state index in [9.17, 15) is 5.11 Å². The number of aryl methyl sites for hydroxylation is 2. The second kappa shape index (κ2) is 7.26. The lowest BCUT2D eigenvalue weighted by atomic mass is 10.0. The van der Waals surface area contributed by atoms with E-state index in [1.807, 2.05) is 18.5 Å². The zero-order valence-electron chi connectivity index (χ0n) is 15.0. The number of fused-ring (bicyclic) bond motifs is 1. The van der Waals surface area contributed by atoms with Crippen LogP contribution in [0, 0.1) is 6.92 Å². The minimum atomic E-state index is -1.16. The molecule has 1 aliphatic rings. The summed E-state index contributed by atoms with van der Waals surface area (Å²) in [6.07, 6.45) is 3.56. The van der Waals surface area contributed by atoms with E-state index in [4.69, 9.17) is 4.42 Å². The van der Waals surface area contributed by atoms with Gasteiger partial charge in [0.2, 0.25) is 0 Å². The van der Waals surface area contributed by atoms with Crippen LogP contribution in [0.2, 0.25) is 0 Å². The number of rotatable bonds is 5. The molecule has 3 rings (SSSR count). The fourth-order valence-corrected chi connectivity index (χ4v) is 2.99. The van der Waals surface area contributed by atoms with Crippen molar-refractivity contribution >= 4 is 5.96 Å². The van der Waals surface area contributed by atoms with E-state index < -0.39 is 5.60 Å². The molecule has 0 aromatic carbocycles. The van der Waals surface area contributed by atoms with Gasteiger partial charge in [-0.15, -0.1) is 0 Å². The summed E-state index contributed by atoms with van der Waals surface area (Å²) in [4.78, 5) is 9.08. The fraction of sp³-hybridized carbons (Fsp3) is 0.588. The van der Waals surface area contributed by atoms with E-state index in [1.165, 1.54) is 0 Å². The number of guanidine groups is 1. The number of aromatic nitrogens is 3. The van der Waals surface area contributed by atoms with E-state index in [0.29, 0.717) is 11.7 Å². The summed E-state index contributed by atoms with van der Waals surface area (Å²) in [5, 5.41) is 21.6. The van der Waals surface area contributed by atoms with Crippen LogP contribution in [0.15, 0.2) is 27.8 Å². The van der Waals surface area contributed by atoms with Crippen molar-refractivity contribution in [1.82, 2.24) is 25.4 Å². The Kier molecular flexibility index (Phi) is 5.08. The van der Waals surface area contributed by atoms with E-state index in [1.54, 1.807) is 25.3 Å². The van der Waals surface area contributed by atoms with Crippen LogP contribution in [0.3, 0.4) is 0 Å². The highest BCUT2D eigenvalue weighted by Crippen LogP contribution is 2.23. The average molecular weight is 346 g/mol. The van der Waals surface area contributed by atoms with E-state index in [2.05, 4.69) is 25.7 Å². The first-order valence-electron chi connectivity index (χ1n) is 8.72. The molecule has 1 aliphatic heterocycles. The molecule has 0 saturated heterocycles. The molecule has 0 aliphatic carbocycles. The molecule has 8 nitrogen and oxygen atoms in total. The van der Waals surface area contributed by atoms with Gasteiger partial charge in [-0.1, -0.05) is 0 Å². The second-order valence-electron chi connectivity index (χ2n) is 6.53. The lowest BCUT2D eigenvalue weighted by Crippen LogP contribution is -2.42. The molecule has 2 aromatic heterocycles. The van der Waals surface area contributed by atoms with E-state index in [0.717, 1.165) is 37.6 Å². The maximum absolute atomic E-state index is 10.6. The third kappa shape index (κ3) is 4.01. The topological polar surface area (TPSA) is 100 Å². The molecule has 0 bridgehead atoms.